The van der Waals surface area contributed by atoms with E-state index >= 15 is 0 Å². The molecule has 4 nitrogen and oxygen atoms in total. The monoisotopic (exact) mass is 230 g/mol. The van der Waals surface area contributed by atoms with E-state index in [-0.39, 0.29) is 12.5 Å². The quantitative estimate of drug-likeness (QED) is 0.611. The lowest BCUT2D eigenvalue weighted by molar-refractivity contribution is -0.125. The van der Waals surface area contributed by atoms with Crippen molar-refractivity contribution in [3.63, 3.8) is 0 Å². The van der Waals surface area contributed by atoms with Crippen molar-refractivity contribution in [3.8, 4) is 0 Å². The van der Waals surface area contributed by atoms with E-state index in [1.54, 1.807) is 0 Å². The Hall–Kier alpha value is -0.610. The predicted octanol–water partition coefficient (Wildman–Crippen LogP) is 1.03. The van der Waals surface area contributed by atoms with Gasteiger partial charge < -0.3 is 16.2 Å². The molecule has 4 N–H and O–H groups in total. The summed E-state index contributed by atoms with van der Waals surface area (Å²) in [4.78, 5) is 11.8. The van der Waals surface area contributed by atoms with Gasteiger partial charge in [0, 0.05) is 0 Å². The van der Waals surface area contributed by atoms with E-state index in [4.69, 9.17) is 5.73 Å². The summed E-state index contributed by atoms with van der Waals surface area (Å²) in [7, 11) is 0. The maximum atomic E-state index is 11.8. The Labute approximate surface area is 98.6 Å². The number of hydrogen-bond acceptors (Lipinski definition) is 3. The fraction of sp³-hybridized carbons (Fsp3) is 0.917. The summed E-state index contributed by atoms with van der Waals surface area (Å²) in [6.07, 6.45) is 2.08. The van der Waals surface area contributed by atoms with Crippen molar-refractivity contribution in [2.24, 2.45) is 11.7 Å². The maximum Gasteiger partial charge on any atom is 0.237 e. The molecular weight excluding hydrogens is 204 g/mol. The first-order chi connectivity index (χ1) is 7.40. The third-order valence-electron chi connectivity index (χ3n) is 3.11. The normalized spacial score (nSPS) is 13.9. The van der Waals surface area contributed by atoms with E-state index in [2.05, 4.69) is 5.32 Å². The summed E-state index contributed by atoms with van der Waals surface area (Å²) in [6, 6.07) is -0.482. The predicted molar refractivity (Wildman–Crippen MR) is 66.0 cm³/mol. The number of aliphatic hydroxyl groups excluding tert-OH is 1. The van der Waals surface area contributed by atoms with Gasteiger partial charge in [0.25, 0.3) is 0 Å². The standard InChI is InChI=1S/C12H26N2O2/c1-5-12(6-2,8-15)14-11(16)10(13)7-9(3)4/h9-10,15H,5-8,13H2,1-4H3,(H,14,16). The highest BCUT2D eigenvalue weighted by atomic mass is 16.3. The Kier molecular flexibility index (Phi) is 6.60. The molecule has 0 aromatic rings. The first-order valence-electron chi connectivity index (χ1n) is 6.09. The van der Waals surface area contributed by atoms with Crippen LogP contribution in [0.3, 0.4) is 0 Å². The van der Waals surface area contributed by atoms with Gasteiger partial charge >= 0.3 is 0 Å². The summed E-state index contributed by atoms with van der Waals surface area (Å²) in [6.45, 7) is 7.93. The molecule has 0 heterocycles. The number of hydrogen-bond donors (Lipinski definition) is 3. The van der Waals surface area contributed by atoms with Gasteiger partial charge in [-0.05, 0) is 25.2 Å². The molecule has 0 saturated carbocycles. The molecule has 0 radical (unpaired) electrons. The zero-order valence-electron chi connectivity index (χ0n) is 10.9. The highest BCUT2D eigenvalue weighted by molar-refractivity contribution is 5.82. The molecule has 0 bridgehead atoms. The number of rotatable bonds is 7. The molecule has 0 aliphatic carbocycles. The highest BCUT2D eigenvalue weighted by Crippen LogP contribution is 2.14. The van der Waals surface area contributed by atoms with Crippen LogP contribution in [0, 0.1) is 5.92 Å². The number of amides is 1. The first kappa shape index (κ1) is 15.4. The molecule has 0 rings (SSSR count). The van der Waals surface area contributed by atoms with Gasteiger partial charge in [-0.15, -0.1) is 0 Å². The molecule has 16 heavy (non-hydrogen) atoms. The summed E-state index contributed by atoms with van der Waals surface area (Å²) in [5.74, 6) is 0.235. The van der Waals surface area contributed by atoms with Crippen LogP contribution in [0.4, 0.5) is 0 Å². The molecule has 1 atom stereocenters. The number of carbonyl (C=O) groups excluding carboxylic acids is 1. The summed E-state index contributed by atoms with van der Waals surface area (Å²) >= 11 is 0. The van der Waals surface area contributed by atoms with Gasteiger partial charge in [-0.3, -0.25) is 4.79 Å². The minimum Gasteiger partial charge on any atom is -0.394 e. The molecule has 0 aromatic carbocycles. The lowest BCUT2D eigenvalue weighted by atomic mass is 9.93. The summed E-state index contributed by atoms with van der Waals surface area (Å²) in [5.41, 5.74) is 5.29. The van der Waals surface area contributed by atoms with Crippen molar-refractivity contribution in [3.05, 3.63) is 0 Å². The molecule has 0 aliphatic heterocycles. The van der Waals surface area contributed by atoms with Crippen LogP contribution in [-0.4, -0.2) is 29.2 Å². The minimum absolute atomic E-state index is 0.0415. The molecule has 4 heteroatoms. The Morgan fingerprint density at radius 1 is 1.38 bits per heavy atom. The Balaban J connectivity index is 4.40. The summed E-state index contributed by atoms with van der Waals surface area (Å²) in [5, 5.41) is 12.2. The molecule has 0 aliphatic rings. The van der Waals surface area contributed by atoms with Crippen LogP contribution in [0.15, 0.2) is 0 Å². The highest BCUT2D eigenvalue weighted by Gasteiger charge is 2.29. The number of nitrogens with two attached hydrogens (primary N) is 1. The SMILES string of the molecule is CCC(CC)(CO)NC(=O)C(N)CC(C)C. The van der Waals surface area contributed by atoms with E-state index in [0.29, 0.717) is 25.2 Å². The first-order valence-corrected chi connectivity index (χ1v) is 6.09. The van der Waals surface area contributed by atoms with Crippen LogP contribution < -0.4 is 11.1 Å². The zero-order chi connectivity index (χ0) is 12.8. The molecule has 0 aromatic heterocycles. The number of nitrogens with one attached hydrogen (secondary N) is 1. The maximum absolute atomic E-state index is 11.8. The molecule has 1 unspecified atom stereocenters. The number of carbonyl (C=O) groups is 1. The van der Waals surface area contributed by atoms with Crippen LogP contribution in [-0.2, 0) is 4.79 Å². The molecular formula is C12H26N2O2. The molecule has 0 saturated heterocycles. The Bertz CT molecular complexity index is 205. The van der Waals surface area contributed by atoms with E-state index in [1.807, 2.05) is 27.7 Å². The van der Waals surface area contributed by atoms with Crippen molar-refractivity contribution in [1.29, 1.82) is 0 Å². The topological polar surface area (TPSA) is 75.3 Å². The van der Waals surface area contributed by atoms with Gasteiger partial charge in [0.2, 0.25) is 5.91 Å². The van der Waals surface area contributed by atoms with Crippen molar-refractivity contribution in [2.75, 3.05) is 6.61 Å². The van der Waals surface area contributed by atoms with Crippen LogP contribution in [0.2, 0.25) is 0 Å². The van der Waals surface area contributed by atoms with Crippen LogP contribution >= 0.6 is 0 Å². The average molecular weight is 230 g/mol. The minimum atomic E-state index is -0.508. The molecule has 0 spiro atoms. The third kappa shape index (κ3) is 4.49. The van der Waals surface area contributed by atoms with Crippen molar-refractivity contribution >= 4 is 5.91 Å². The lowest BCUT2D eigenvalue weighted by Crippen LogP contribution is -2.55. The van der Waals surface area contributed by atoms with Gasteiger partial charge in [-0.1, -0.05) is 27.7 Å². The molecule has 96 valence electrons. The Morgan fingerprint density at radius 3 is 2.19 bits per heavy atom. The van der Waals surface area contributed by atoms with Crippen molar-refractivity contribution < 1.29 is 9.90 Å². The Morgan fingerprint density at radius 2 is 1.88 bits per heavy atom. The second-order valence-electron chi connectivity index (χ2n) is 4.87. The lowest BCUT2D eigenvalue weighted by Gasteiger charge is -2.32. The summed E-state index contributed by atoms with van der Waals surface area (Å²) < 4.78 is 0. The van der Waals surface area contributed by atoms with Crippen LogP contribution in [0.5, 0.6) is 0 Å². The van der Waals surface area contributed by atoms with Crippen LogP contribution in [0.25, 0.3) is 0 Å². The van der Waals surface area contributed by atoms with Gasteiger partial charge in [-0.25, -0.2) is 0 Å². The second kappa shape index (κ2) is 6.86. The number of aliphatic hydroxyl groups is 1. The fourth-order valence-electron chi connectivity index (χ4n) is 1.66. The van der Waals surface area contributed by atoms with E-state index in [0.717, 1.165) is 0 Å². The zero-order valence-corrected chi connectivity index (χ0v) is 10.9. The largest absolute Gasteiger partial charge is 0.394 e. The third-order valence-corrected chi connectivity index (χ3v) is 3.11. The molecule has 0 fully saturated rings. The smallest absolute Gasteiger partial charge is 0.237 e. The van der Waals surface area contributed by atoms with E-state index < -0.39 is 11.6 Å². The fourth-order valence-corrected chi connectivity index (χ4v) is 1.66. The van der Waals surface area contributed by atoms with E-state index in [9.17, 15) is 9.90 Å². The second-order valence-corrected chi connectivity index (χ2v) is 4.87. The van der Waals surface area contributed by atoms with Crippen LogP contribution in [0.1, 0.15) is 47.0 Å². The molecule has 1 amide bonds. The van der Waals surface area contributed by atoms with Gasteiger partial charge in [-0.2, -0.15) is 0 Å². The van der Waals surface area contributed by atoms with Gasteiger partial charge in [0.15, 0.2) is 0 Å². The van der Waals surface area contributed by atoms with Gasteiger partial charge in [0.1, 0.15) is 0 Å². The average Bonchev–Trinajstić information content (AvgIpc) is 2.25. The van der Waals surface area contributed by atoms with E-state index in [1.165, 1.54) is 0 Å². The van der Waals surface area contributed by atoms with Crippen molar-refractivity contribution in [2.45, 2.75) is 58.5 Å². The van der Waals surface area contributed by atoms with Gasteiger partial charge in [0.05, 0.1) is 18.2 Å². The van der Waals surface area contributed by atoms with Crippen molar-refractivity contribution in [1.82, 2.24) is 5.32 Å².